The lowest BCUT2D eigenvalue weighted by molar-refractivity contribution is 0.298. The van der Waals surface area contributed by atoms with Crippen LogP contribution in [0.3, 0.4) is 0 Å². The minimum Gasteiger partial charge on any atom is -0.488 e. The van der Waals surface area contributed by atoms with Crippen molar-refractivity contribution >= 4 is 0 Å². The van der Waals surface area contributed by atoms with E-state index in [1.54, 1.807) is 0 Å². The molecule has 0 aromatic heterocycles. The third-order valence-corrected chi connectivity index (χ3v) is 4.08. The molecule has 0 radical (unpaired) electrons. The molecule has 0 bridgehead atoms. The Balaban J connectivity index is 1.90. The van der Waals surface area contributed by atoms with Gasteiger partial charge in [0.15, 0.2) is 0 Å². The molecule has 1 N–H and O–H groups in total. The monoisotopic (exact) mass is 267 g/mol. The highest BCUT2D eigenvalue weighted by atomic mass is 16.5. The Labute approximate surface area is 120 Å². The first-order valence-electron chi connectivity index (χ1n) is 7.25. The molecule has 1 heterocycles. The molecule has 0 saturated carbocycles. The Morgan fingerprint density at radius 2 is 1.95 bits per heavy atom. The zero-order valence-electron chi connectivity index (χ0n) is 12.2. The predicted octanol–water partition coefficient (Wildman–Crippen LogP) is 3.53. The van der Waals surface area contributed by atoms with Crippen LogP contribution in [0.15, 0.2) is 36.4 Å². The Kier molecular flexibility index (Phi) is 3.75. The van der Waals surface area contributed by atoms with E-state index in [9.17, 15) is 0 Å². The summed E-state index contributed by atoms with van der Waals surface area (Å²) in [5.41, 5.74) is 6.59. The molecule has 2 nitrogen and oxygen atoms in total. The van der Waals surface area contributed by atoms with Gasteiger partial charge in [0.1, 0.15) is 12.4 Å². The molecule has 1 aliphatic heterocycles. The summed E-state index contributed by atoms with van der Waals surface area (Å²) in [5.74, 6) is 1.08. The largest absolute Gasteiger partial charge is 0.488 e. The van der Waals surface area contributed by atoms with Gasteiger partial charge in [0, 0.05) is 12.1 Å². The average molecular weight is 267 g/mol. The van der Waals surface area contributed by atoms with Crippen molar-refractivity contribution in [3.63, 3.8) is 0 Å². The van der Waals surface area contributed by atoms with Crippen molar-refractivity contribution in [2.45, 2.75) is 33.4 Å². The molecule has 0 atom stereocenters. The molecule has 2 aromatic carbocycles. The van der Waals surface area contributed by atoms with E-state index in [0.29, 0.717) is 6.61 Å². The fourth-order valence-corrected chi connectivity index (χ4v) is 2.79. The third-order valence-electron chi connectivity index (χ3n) is 4.08. The van der Waals surface area contributed by atoms with Crippen molar-refractivity contribution in [3.05, 3.63) is 64.2 Å². The van der Waals surface area contributed by atoms with E-state index in [-0.39, 0.29) is 0 Å². The van der Waals surface area contributed by atoms with Gasteiger partial charge in [-0.05, 0) is 49.1 Å². The van der Waals surface area contributed by atoms with Gasteiger partial charge in [-0.1, -0.05) is 36.4 Å². The van der Waals surface area contributed by atoms with Gasteiger partial charge in [0.05, 0.1) is 0 Å². The van der Waals surface area contributed by atoms with Gasteiger partial charge in [-0.15, -0.1) is 0 Å². The summed E-state index contributed by atoms with van der Waals surface area (Å²) < 4.78 is 6.16. The number of benzene rings is 2. The Hall–Kier alpha value is -1.80. The molecule has 1 aliphatic rings. The lowest BCUT2D eigenvalue weighted by atomic mass is 9.94. The summed E-state index contributed by atoms with van der Waals surface area (Å²) in [4.78, 5) is 0. The van der Waals surface area contributed by atoms with Crippen LogP contribution in [-0.4, -0.2) is 6.54 Å². The van der Waals surface area contributed by atoms with E-state index >= 15 is 0 Å². The number of hydrogen-bond acceptors (Lipinski definition) is 2. The van der Waals surface area contributed by atoms with Gasteiger partial charge in [0.2, 0.25) is 0 Å². The number of hydrogen-bond donors (Lipinski definition) is 1. The number of rotatable bonds is 3. The highest BCUT2D eigenvalue weighted by Gasteiger charge is 2.17. The van der Waals surface area contributed by atoms with Crippen molar-refractivity contribution in [1.82, 2.24) is 5.32 Å². The number of aryl methyl sites for hydroxylation is 1. The van der Waals surface area contributed by atoms with Crippen molar-refractivity contribution in [1.29, 1.82) is 0 Å². The third kappa shape index (κ3) is 2.56. The summed E-state index contributed by atoms with van der Waals surface area (Å²) in [6.45, 7) is 6.95. The zero-order valence-corrected chi connectivity index (χ0v) is 12.2. The smallest absolute Gasteiger partial charge is 0.127 e. The van der Waals surface area contributed by atoms with E-state index < -0.39 is 0 Å². The summed E-state index contributed by atoms with van der Waals surface area (Å²) >= 11 is 0. The normalized spacial score (nSPS) is 13.9. The van der Waals surface area contributed by atoms with Crippen LogP contribution in [0.2, 0.25) is 0 Å². The van der Waals surface area contributed by atoms with Gasteiger partial charge in [-0.2, -0.15) is 0 Å². The molecule has 2 heteroatoms. The van der Waals surface area contributed by atoms with Crippen molar-refractivity contribution < 1.29 is 4.74 Å². The van der Waals surface area contributed by atoms with Gasteiger partial charge in [0.25, 0.3) is 0 Å². The first-order chi connectivity index (χ1) is 9.75. The number of nitrogens with one attached hydrogen (secondary N) is 1. The minimum absolute atomic E-state index is 0.636. The van der Waals surface area contributed by atoms with Crippen LogP contribution in [0.5, 0.6) is 5.75 Å². The van der Waals surface area contributed by atoms with E-state index in [1.165, 1.54) is 27.8 Å². The first-order valence-corrected chi connectivity index (χ1v) is 7.25. The van der Waals surface area contributed by atoms with Gasteiger partial charge < -0.3 is 10.1 Å². The fraction of sp³-hybridized carbons (Fsp3) is 0.333. The maximum Gasteiger partial charge on any atom is 0.127 e. The number of ether oxygens (including phenoxy) is 1. The molecule has 0 saturated heterocycles. The minimum atomic E-state index is 0.636. The summed E-state index contributed by atoms with van der Waals surface area (Å²) in [7, 11) is 0. The first kappa shape index (κ1) is 13.2. The number of fused-ring (bicyclic) bond motifs is 1. The average Bonchev–Trinajstić information content (AvgIpc) is 2.49. The van der Waals surface area contributed by atoms with Gasteiger partial charge >= 0.3 is 0 Å². The second-order valence-electron chi connectivity index (χ2n) is 5.49. The SMILES string of the molecule is Cc1cc2c(c(OCc3ccccc3)c1C)CNCC2. The second-order valence-corrected chi connectivity index (χ2v) is 5.49. The van der Waals surface area contributed by atoms with Crippen molar-refractivity contribution in [2.24, 2.45) is 0 Å². The Morgan fingerprint density at radius 3 is 2.75 bits per heavy atom. The lowest BCUT2D eigenvalue weighted by Crippen LogP contribution is -2.24. The van der Waals surface area contributed by atoms with E-state index in [4.69, 9.17) is 4.74 Å². The molecule has 0 amide bonds. The van der Waals surface area contributed by atoms with Crippen molar-refractivity contribution in [2.75, 3.05) is 6.54 Å². The summed E-state index contributed by atoms with van der Waals surface area (Å²) in [6, 6.07) is 12.7. The highest BCUT2D eigenvalue weighted by Crippen LogP contribution is 2.32. The standard InChI is InChI=1S/C18H21NO/c1-13-10-16-8-9-19-11-17(16)18(14(13)2)20-12-15-6-4-3-5-7-15/h3-7,10,19H,8-9,11-12H2,1-2H3. The van der Waals surface area contributed by atoms with Crippen LogP contribution in [0.1, 0.15) is 27.8 Å². The molecule has 20 heavy (non-hydrogen) atoms. The maximum absolute atomic E-state index is 6.16. The molecule has 0 aliphatic carbocycles. The van der Waals surface area contributed by atoms with E-state index in [2.05, 4.69) is 49.5 Å². The molecule has 0 fully saturated rings. The molecular formula is C18H21NO. The van der Waals surface area contributed by atoms with Crippen LogP contribution in [-0.2, 0) is 19.6 Å². The molecule has 104 valence electrons. The summed E-state index contributed by atoms with van der Waals surface area (Å²) in [6.07, 6.45) is 1.10. The topological polar surface area (TPSA) is 21.3 Å². The molecule has 3 rings (SSSR count). The molecule has 0 unspecified atom stereocenters. The molecule has 2 aromatic rings. The highest BCUT2D eigenvalue weighted by molar-refractivity contribution is 5.51. The maximum atomic E-state index is 6.16. The second kappa shape index (κ2) is 5.68. The van der Waals surface area contributed by atoms with E-state index in [1.807, 2.05) is 6.07 Å². The van der Waals surface area contributed by atoms with Crippen LogP contribution < -0.4 is 10.1 Å². The van der Waals surface area contributed by atoms with Crippen LogP contribution >= 0.6 is 0 Å². The van der Waals surface area contributed by atoms with E-state index in [0.717, 1.165) is 25.3 Å². The van der Waals surface area contributed by atoms with Gasteiger partial charge in [-0.25, -0.2) is 0 Å². The van der Waals surface area contributed by atoms with Crippen LogP contribution in [0, 0.1) is 13.8 Å². The Bertz CT molecular complexity index is 605. The predicted molar refractivity (Wildman–Crippen MR) is 82.1 cm³/mol. The van der Waals surface area contributed by atoms with Gasteiger partial charge in [-0.3, -0.25) is 0 Å². The fourth-order valence-electron chi connectivity index (χ4n) is 2.79. The van der Waals surface area contributed by atoms with Crippen LogP contribution in [0.4, 0.5) is 0 Å². The quantitative estimate of drug-likeness (QED) is 0.918. The van der Waals surface area contributed by atoms with Crippen LogP contribution in [0.25, 0.3) is 0 Å². The zero-order chi connectivity index (χ0) is 13.9. The molecular weight excluding hydrogens is 246 g/mol. The summed E-state index contributed by atoms with van der Waals surface area (Å²) in [5, 5.41) is 3.45. The Morgan fingerprint density at radius 1 is 1.15 bits per heavy atom. The molecule has 0 spiro atoms. The van der Waals surface area contributed by atoms with Crippen molar-refractivity contribution in [3.8, 4) is 5.75 Å². The lowest BCUT2D eigenvalue weighted by Gasteiger charge is -2.23.